The molecule has 2 amide bonds. The quantitative estimate of drug-likeness (QED) is 0.862. The second-order valence-corrected chi connectivity index (χ2v) is 6.76. The van der Waals surface area contributed by atoms with Crippen molar-refractivity contribution in [3.05, 3.63) is 53.6 Å². The van der Waals surface area contributed by atoms with Crippen molar-refractivity contribution in [1.82, 2.24) is 4.90 Å². The zero-order valence-electron chi connectivity index (χ0n) is 16.5. The lowest BCUT2D eigenvalue weighted by Gasteiger charge is -2.36. The third-order valence-corrected chi connectivity index (χ3v) is 5.24. The summed E-state index contributed by atoms with van der Waals surface area (Å²) in [5.41, 5.74) is 4.55. The number of methoxy groups -OCH3 is 1. The number of urea groups is 1. The number of hydrogen-bond donors (Lipinski definition) is 1. The SMILES string of the molecule is CCc1cccc(CC)c1NC(=O)N1CCN(c2ccc(OC)cc2)CC1. The van der Waals surface area contributed by atoms with E-state index in [2.05, 4.69) is 54.4 Å². The lowest BCUT2D eigenvalue weighted by Crippen LogP contribution is -2.50. The van der Waals surface area contributed by atoms with Gasteiger partial charge in [-0.2, -0.15) is 0 Å². The van der Waals surface area contributed by atoms with Crippen LogP contribution in [0.15, 0.2) is 42.5 Å². The van der Waals surface area contributed by atoms with E-state index in [0.717, 1.165) is 37.4 Å². The van der Waals surface area contributed by atoms with Crippen LogP contribution in [0.4, 0.5) is 16.2 Å². The summed E-state index contributed by atoms with van der Waals surface area (Å²) in [5, 5.41) is 3.17. The summed E-state index contributed by atoms with van der Waals surface area (Å²) >= 11 is 0. The Morgan fingerprint density at radius 2 is 1.56 bits per heavy atom. The Labute approximate surface area is 161 Å². The van der Waals surface area contributed by atoms with Crippen LogP contribution in [0.25, 0.3) is 0 Å². The molecule has 1 heterocycles. The minimum absolute atomic E-state index is 0.0000177. The Kier molecular flexibility index (Phi) is 6.22. The van der Waals surface area contributed by atoms with Crippen LogP contribution in [0.3, 0.4) is 0 Å². The Morgan fingerprint density at radius 1 is 0.963 bits per heavy atom. The van der Waals surface area contributed by atoms with Crippen LogP contribution in [0.5, 0.6) is 5.75 Å². The number of hydrogen-bond acceptors (Lipinski definition) is 3. The van der Waals surface area contributed by atoms with E-state index in [4.69, 9.17) is 4.74 Å². The lowest BCUT2D eigenvalue weighted by molar-refractivity contribution is 0.208. The van der Waals surface area contributed by atoms with Crippen molar-refractivity contribution in [3.8, 4) is 5.75 Å². The number of rotatable bonds is 5. The highest BCUT2D eigenvalue weighted by Gasteiger charge is 2.22. The van der Waals surface area contributed by atoms with Crippen molar-refractivity contribution in [1.29, 1.82) is 0 Å². The first-order valence-electron chi connectivity index (χ1n) is 9.72. The van der Waals surface area contributed by atoms with Crippen molar-refractivity contribution < 1.29 is 9.53 Å². The van der Waals surface area contributed by atoms with Gasteiger partial charge in [0.1, 0.15) is 5.75 Å². The number of anilines is 2. The largest absolute Gasteiger partial charge is 0.497 e. The molecule has 144 valence electrons. The Morgan fingerprint density at radius 3 is 2.07 bits per heavy atom. The van der Waals surface area contributed by atoms with Gasteiger partial charge in [0.2, 0.25) is 0 Å². The average molecular weight is 367 g/mol. The number of benzene rings is 2. The van der Waals surface area contributed by atoms with Gasteiger partial charge in [0.25, 0.3) is 0 Å². The maximum Gasteiger partial charge on any atom is 0.321 e. The first-order chi connectivity index (χ1) is 13.2. The number of carbonyl (C=O) groups excluding carboxylic acids is 1. The second kappa shape index (κ2) is 8.80. The summed E-state index contributed by atoms with van der Waals surface area (Å²) in [6.45, 7) is 7.34. The van der Waals surface area contributed by atoms with Gasteiger partial charge < -0.3 is 19.9 Å². The maximum absolute atomic E-state index is 12.8. The molecule has 1 aliphatic heterocycles. The predicted molar refractivity (Wildman–Crippen MR) is 111 cm³/mol. The van der Waals surface area contributed by atoms with Crippen LogP contribution in [0.1, 0.15) is 25.0 Å². The molecule has 0 aromatic heterocycles. The third-order valence-electron chi connectivity index (χ3n) is 5.24. The molecule has 1 N–H and O–H groups in total. The van der Waals surface area contributed by atoms with Crippen molar-refractivity contribution in [2.24, 2.45) is 0 Å². The van der Waals surface area contributed by atoms with Gasteiger partial charge in [0.15, 0.2) is 0 Å². The van der Waals surface area contributed by atoms with Crippen LogP contribution in [-0.2, 0) is 12.8 Å². The third kappa shape index (κ3) is 4.35. The fraction of sp³-hybridized carbons (Fsp3) is 0.409. The van der Waals surface area contributed by atoms with Crippen molar-refractivity contribution in [2.45, 2.75) is 26.7 Å². The summed E-state index contributed by atoms with van der Waals surface area (Å²) in [6, 6.07) is 14.3. The topological polar surface area (TPSA) is 44.8 Å². The molecule has 27 heavy (non-hydrogen) atoms. The van der Waals surface area contributed by atoms with Crippen LogP contribution in [0.2, 0.25) is 0 Å². The molecule has 0 bridgehead atoms. The number of carbonyl (C=O) groups is 1. The van der Waals surface area contributed by atoms with Gasteiger partial charge in [-0.05, 0) is 48.2 Å². The number of ether oxygens (including phenoxy) is 1. The van der Waals surface area contributed by atoms with Crippen LogP contribution in [-0.4, -0.2) is 44.2 Å². The van der Waals surface area contributed by atoms with Gasteiger partial charge in [0.05, 0.1) is 7.11 Å². The standard InChI is InChI=1S/C22H29N3O2/c1-4-17-7-6-8-18(5-2)21(17)23-22(26)25-15-13-24(14-16-25)19-9-11-20(27-3)12-10-19/h6-12H,4-5,13-16H2,1-3H3,(H,23,26). The number of nitrogens with one attached hydrogen (secondary N) is 1. The highest BCUT2D eigenvalue weighted by atomic mass is 16.5. The molecule has 0 atom stereocenters. The van der Waals surface area contributed by atoms with E-state index in [9.17, 15) is 4.79 Å². The highest BCUT2D eigenvalue weighted by Crippen LogP contribution is 2.24. The monoisotopic (exact) mass is 367 g/mol. The molecule has 0 aliphatic carbocycles. The molecule has 1 aliphatic rings. The molecule has 1 saturated heterocycles. The number of aryl methyl sites for hydroxylation is 2. The van der Waals surface area contributed by atoms with E-state index in [0.29, 0.717) is 13.1 Å². The van der Waals surface area contributed by atoms with E-state index in [1.807, 2.05) is 17.0 Å². The van der Waals surface area contributed by atoms with Crippen LogP contribution in [0, 0.1) is 0 Å². The normalized spacial score (nSPS) is 14.2. The number of amides is 2. The Bertz CT molecular complexity index is 743. The molecule has 0 radical (unpaired) electrons. The average Bonchev–Trinajstić information content (AvgIpc) is 2.74. The summed E-state index contributed by atoms with van der Waals surface area (Å²) in [4.78, 5) is 17.0. The van der Waals surface area contributed by atoms with Crippen molar-refractivity contribution in [2.75, 3.05) is 43.5 Å². The summed E-state index contributed by atoms with van der Waals surface area (Å²) in [5.74, 6) is 0.859. The zero-order valence-corrected chi connectivity index (χ0v) is 16.5. The van der Waals surface area contributed by atoms with Crippen molar-refractivity contribution in [3.63, 3.8) is 0 Å². The van der Waals surface area contributed by atoms with E-state index in [1.165, 1.54) is 16.8 Å². The molecule has 2 aromatic rings. The lowest BCUT2D eigenvalue weighted by atomic mass is 10.0. The van der Waals surface area contributed by atoms with E-state index in [1.54, 1.807) is 7.11 Å². The van der Waals surface area contributed by atoms with Crippen molar-refractivity contribution >= 4 is 17.4 Å². The molecule has 5 nitrogen and oxygen atoms in total. The minimum Gasteiger partial charge on any atom is -0.497 e. The summed E-state index contributed by atoms with van der Waals surface area (Å²) in [6.07, 6.45) is 1.82. The minimum atomic E-state index is -0.0000177. The summed E-state index contributed by atoms with van der Waals surface area (Å²) < 4.78 is 5.22. The Balaban J connectivity index is 1.62. The van der Waals surface area contributed by atoms with E-state index < -0.39 is 0 Å². The molecule has 2 aromatic carbocycles. The second-order valence-electron chi connectivity index (χ2n) is 6.76. The first-order valence-corrected chi connectivity index (χ1v) is 9.72. The fourth-order valence-corrected chi connectivity index (χ4v) is 3.55. The van der Waals surface area contributed by atoms with Crippen LogP contribution < -0.4 is 15.0 Å². The van der Waals surface area contributed by atoms with E-state index >= 15 is 0 Å². The molecule has 1 fully saturated rings. The molecule has 0 spiro atoms. The fourth-order valence-electron chi connectivity index (χ4n) is 3.55. The van der Waals surface area contributed by atoms with Gasteiger partial charge in [-0.3, -0.25) is 0 Å². The number of para-hydroxylation sites is 1. The van der Waals surface area contributed by atoms with Gasteiger partial charge in [-0.25, -0.2) is 4.79 Å². The number of piperazine rings is 1. The molecular formula is C22H29N3O2. The zero-order chi connectivity index (χ0) is 19.2. The predicted octanol–water partition coefficient (Wildman–Crippen LogP) is 4.17. The number of nitrogens with zero attached hydrogens (tertiary/aromatic N) is 2. The smallest absolute Gasteiger partial charge is 0.321 e. The van der Waals surface area contributed by atoms with Gasteiger partial charge in [-0.1, -0.05) is 32.0 Å². The first kappa shape index (κ1) is 19.1. The Hall–Kier alpha value is -2.69. The molecule has 5 heteroatoms. The molecule has 3 rings (SSSR count). The van der Waals surface area contributed by atoms with Gasteiger partial charge in [-0.15, -0.1) is 0 Å². The molecule has 0 unspecified atom stereocenters. The highest BCUT2D eigenvalue weighted by molar-refractivity contribution is 5.91. The molecule has 0 saturated carbocycles. The van der Waals surface area contributed by atoms with Crippen LogP contribution >= 0.6 is 0 Å². The van der Waals surface area contributed by atoms with Gasteiger partial charge >= 0.3 is 6.03 Å². The molecular weight excluding hydrogens is 338 g/mol. The maximum atomic E-state index is 12.8. The summed E-state index contributed by atoms with van der Waals surface area (Å²) in [7, 11) is 1.67. The van der Waals surface area contributed by atoms with Gasteiger partial charge in [0, 0.05) is 37.6 Å². The van der Waals surface area contributed by atoms with E-state index in [-0.39, 0.29) is 6.03 Å².